The number of hydrogen-bond acceptors (Lipinski definition) is 5. The molecule has 144 valence electrons. The van der Waals surface area contributed by atoms with E-state index < -0.39 is 12.2 Å². The fourth-order valence-corrected chi connectivity index (χ4v) is 3.35. The van der Waals surface area contributed by atoms with Gasteiger partial charge in [-0.15, -0.1) is 0 Å². The number of anilines is 1. The summed E-state index contributed by atoms with van der Waals surface area (Å²) in [4.78, 5) is 10.1. The standard InChI is InChI=1S/C21H21F2N5/c1-13(28-5-4-20(24)19(23)12-28)27-21-8-16-6-14(2-3-15(16)10-26-21)17-7-18(22)11-25-9-17/h2-3,6-11,19-20H,1,4-5,12,24H2,(H,26,27)/t19?,20-/m0/s1. The van der Waals surface area contributed by atoms with Crippen molar-refractivity contribution in [2.45, 2.75) is 18.6 Å². The Balaban J connectivity index is 1.56. The summed E-state index contributed by atoms with van der Waals surface area (Å²) >= 11 is 0. The van der Waals surface area contributed by atoms with E-state index in [0.29, 0.717) is 30.2 Å². The normalized spacial score (nSPS) is 19.6. The van der Waals surface area contributed by atoms with Gasteiger partial charge in [0.15, 0.2) is 0 Å². The number of halogens is 2. The number of nitrogens with zero attached hydrogens (tertiary/aromatic N) is 3. The Hall–Kier alpha value is -3.06. The lowest BCUT2D eigenvalue weighted by molar-refractivity contribution is 0.147. The average molecular weight is 381 g/mol. The van der Waals surface area contributed by atoms with Crippen LogP contribution >= 0.6 is 0 Å². The van der Waals surface area contributed by atoms with Crippen LogP contribution in [0.1, 0.15) is 6.42 Å². The third kappa shape index (κ3) is 3.80. The molecule has 1 unspecified atom stereocenters. The molecule has 0 radical (unpaired) electrons. The van der Waals surface area contributed by atoms with Gasteiger partial charge < -0.3 is 16.0 Å². The minimum atomic E-state index is -1.07. The van der Waals surface area contributed by atoms with Crippen molar-refractivity contribution in [2.75, 3.05) is 18.4 Å². The van der Waals surface area contributed by atoms with Gasteiger partial charge in [-0.2, -0.15) is 0 Å². The third-order valence-corrected chi connectivity index (χ3v) is 5.01. The van der Waals surface area contributed by atoms with Crippen LogP contribution in [0.2, 0.25) is 0 Å². The number of hydrogen-bond donors (Lipinski definition) is 2. The van der Waals surface area contributed by atoms with Crippen molar-refractivity contribution in [3.63, 3.8) is 0 Å². The van der Waals surface area contributed by atoms with Gasteiger partial charge >= 0.3 is 0 Å². The summed E-state index contributed by atoms with van der Waals surface area (Å²) in [5.41, 5.74) is 7.30. The third-order valence-electron chi connectivity index (χ3n) is 5.01. The zero-order chi connectivity index (χ0) is 19.7. The topological polar surface area (TPSA) is 67.1 Å². The summed E-state index contributed by atoms with van der Waals surface area (Å²) in [7, 11) is 0. The minimum Gasteiger partial charge on any atom is -0.356 e. The first kappa shape index (κ1) is 18.3. The van der Waals surface area contributed by atoms with Crippen LogP contribution in [-0.4, -0.2) is 40.2 Å². The van der Waals surface area contributed by atoms with Gasteiger partial charge in [0.25, 0.3) is 0 Å². The van der Waals surface area contributed by atoms with Crippen molar-refractivity contribution < 1.29 is 8.78 Å². The number of nitrogens with two attached hydrogens (primary N) is 1. The quantitative estimate of drug-likeness (QED) is 0.722. The Morgan fingerprint density at radius 1 is 1.14 bits per heavy atom. The fraction of sp³-hybridized carbons (Fsp3) is 0.238. The predicted molar refractivity (Wildman–Crippen MR) is 107 cm³/mol. The van der Waals surface area contributed by atoms with Crippen LogP contribution in [0.5, 0.6) is 0 Å². The molecule has 0 amide bonds. The van der Waals surface area contributed by atoms with E-state index in [4.69, 9.17) is 5.73 Å². The lowest BCUT2D eigenvalue weighted by Crippen LogP contribution is -2.48. The Kier molecular flexibility index (Phi) is 4.92. The Morgan fingerprint density at radius 2 is 2.00 bits per heavy atom. The second-order valence-electron chi connectivity index (χ2n) is 7.01. The summed E-state index contributed by atoms with van der Waals surface area (Å²) in [6.45, 7) is 4.88. The van der Waals surface area contributed by atoms with E-state index in [9.17, 15) is 8.78 Å². The van der Waals surface area contributed by atoms with Crippen LogP contribution in [0.15, 0.2) is 61.3 Å². The van der Waals surface area contributed by atoms with E-state index in [-0.39, 0.29) is 12.4 Å². The number of fused-ring (bicyclic) bond motifs is 1. The van der Waals surface area contributed by atoms with Crippen molar-refractivity contribution in [3.05, 3.63) is 67.1 Å². The number of aromatic nitrogens is 2. The lowest BCUT2D eigenvalue weighted by atomic mass is 10.0. The van der Waals surface area contributed by atoms with Crippen molar-refractivity contribution in [3.8, 4) is 11.1 Å². The Morgan fingerprint density at radius 3 is 2.79 bits per heavy atom. The molecule has 2 atom stereocenters. The van der Waals surface area contributed by atoms with Crippen LogP contribution in [0.25, 0.3) is 21.9 Å². The smallest absolute Gasteiger partial charge is 0.142 e. The van der Waals surface area contributed by atoms with Crippen molar-refractivity contribution in [1.82, 2.24) is 14.9 Å². The van der Waals surface area contributed by atoms with Crippen molar-refractivity contribution >= 4 is 16.6 Å². The first-order valence-electron chi connectivity index (χ1n) is 9.11. The number of pyridine rings is 2. The van der Waals surface area contributed by atoms with E-state index in [1.807, 2.05) is 29.2 Å². The van der Waals surface area contributed by atoms with Crippen LogP contribution < -0.4 is 11.1 Å². The molecule has 1 saturated heterocycles. The highest BCUT2D eigenvalue weighted by molar-refractivity contribution is 5.88. The summed E-state index contributed by atoms with van der Waals surface area (Å²) in [6.07, 6.45) is 4.07. The molecular weight excluding hydrogens is 360 g/mol. The van der Waals surface area contributed by atoms with Gasteiger partial charge in [-0.1, -0.05) is 18.7 Å². The molecule has 3 heterocycles. The largest absolute Gasteiger partial charge is 0.356 e. The molecule has 1 aliphatic rings. The first-order chi connectivity index (χ1) is 13.5. The zero-order valence-corrected chi connectivity index (χ0v) is 15.3. The number of piperidine rings is 1. The van der Waals surface area contributed by atoms with Crippen LogP contribution in [-0.2, 0) is 0 Å². The molecule has 4 rings (SSSR count). The van der Waals surface area contributed by atoms with Gasteiger partial charge in [0.05, 0.1) is 18.6 Å². The van der Waals surface area contributed by atoms with Gasteiger partial charge in [-0.3, -0.25) is 4.98 Å². The first-order valence-corrected chi connectivity index (χ1v) is 9.11. The summed E-state index contributed by atoms with van der Waals surface area (Å²) in [5, 5.41) is 5.04. The van der Waals surface area contributed by atoms with Gasteiger partial charge in [-0.25, -0.2) is 13.8 Å². The van der Waals surface area contributed by atoms with Crippen LogP contribution in [0.4, 0.5) is 14.6 Å². The minimum absolute atomic E-state index is 0.220. The molecule has 1 aromatic carbocycles. The number of rotatable bonds is 4. The molecule has 1 fully saturated rings. The molecule has 1 aliphatic heterocycles. The predicted octanol–water partition coefficient (Wildman–Crippen LogP) is 3.69. The van der Waals surface area contributed by atoms with Crippen molar-refractivity contribution in [2.24, 2.45) is 5.73 Å². The van der Waals surface area contributed by atoms with E-state index in [0.717, 1.165) is 16.3 Å². The maximum Gasteiger partial charge on any atom is 0.142 e. The second kappa shape index (κ2) is 7.52. The number of alkyl halides is 1. The molecule has 7 heteroatoms. The molecule has 0 saturated carbocycles. The highest BCUT2D eigenvalue weighted by Gasteiger charge is 2.27. The van der Waals surface area contributed by atoms with E-state index in [1.165, 1.54) is 12.3 Å². The van der Waals surface area contributed by atoms with Gasteiger partial charge in [0.2, 0.25) is 0 Å². The molecule has 5 nitrogen and oxygen atoms in total. The summed E-state index contributed by atoms with van der Waals surface area (Å²) in [5.74, 6) is 0.822. The van der Waals surface area contributed by atoms with E-state index in [2.05, 4.69) is 21.9 Å². The average Bonchev–Trinajstić information content (AvgIpc) is 2.69. The molecular formula is C21H21F2N5. The number of nitrogens with one attached hydrogen (secondary N) is 1. The van der Waals surface area contributed by atoms with Gasteiger partial charge in [-0.05, 0) is 35.6 Å². The maximum absolute atomic E-state index is 13.9. The van der Waals surface area contributed by atoms with Crippen LogP contribution in [0, 0.1) is 5.82 Å². The monoisotopic (exact) mass is 381 g/mol. The summed E-state index contributed by atoms with van der Waals surface area (Å²) in [6, 6.07) is 8.72. The zero-order valence-electron chi connectivity index (χ0n) is 15.3. The van der Waals surface area contributed by atoms with Crippen LogP contribution in [0.3, 0.4) is 0 Å². The number of likely N-dealkylation sites (tertiary alicyclic amines) is 1. The summed E-state index contributed by atoms with van der Waals surface area (Å²) < 4.78 is 27.4. The molecule has 28 heavy (non-hydrogen) atoms. The Labute approximate surface area is 161 Å². The molecule has 0 bridgehead atoms. The maximum atomic E-state index is 13.9. The van der Waals surface area contributed by atoms with Gasteiger partial charge in [0.1, 0.15) is 17.8 Å². The fourth-order valence-electron chi connectivity index (χ4n) is 3.35. The van der Waals surface area contributed by atoms with Gasteiger partial charge in [0, 0.05) is 35.9 Å². The van der Waals surface area contributed by atoms with E-state index in [1.54, 1.807) is 12.4 Å². The highest BCUT2D eigenvalue weighted by Crippen LogP contribution is 2.26. The van der Waals surface area contributed by atoms with E-state index >= 15 is 0 Å². The molecule has 2 aromatic heterocycles. The second-order valence-corrected chi connectivity index (χ2v) is 7.01. The lowest BCUT2D eigenvalue weighted by Gasteiger charge is -2.35. The molecule has 0 aliphatic carbocycles. The molecule has 3 N–H and O–H groups in total. The molecule has 3 aromatic rings. The number of benzene rings is 1. The highest BCUT2D eigenvalue weighted by atomic mass is 19.1. The Bertz CT molecular complexity index is 1020. The SMILES string of the molecule is C=C(Nc1cc2cc(-c3cncc(F)c3)ccc2cn1)N1CC[C@H](N)C(F)C1. The molecule has 0 spiro atoms. The van der Waals surface area contributed by atoms with Crippen molar-refractivity contribution in [1.29, 1.82) is 0 Å².